The number of anilines is 2. The zero-order valence-electron chi connectivity index (χ0n) is 20.5. The minimum Gasteiger partial charge on any atom is -0.497 e. The quantitative estimate of drug-likeness (QED) is 0.143. The van der Waals surface area contributed by atoms with E-state index in [1.54, 1.807) is 48.5 Å². The lowest BCUT2D eigenvalue weighted by molar-refractivity contribution is -0.186. The molecule has 1 amide bonds. The lowest BCUT2D eigenvalue weighted by Crippen LogP contribution is -2.45. The van der Waals surface area contributed by atoms with E-state index in [4.69, 9.17) is 18.7 Å². The van der Waals surface area contributed by atoms with Gasteiger partial charge in [0.2, 0.25) is 0 Å². The molecule has 2 aromatic rings. The van der Waals surface area contributed by atoms with Gasteiger partial charge in [-0.15, -0.1) is 11.2 Å². The number of amides is 1. The fourth-order valence-corrected chi connectivity index (χ4v) is 3.83. The lowest BCUT2D eigenvalue weighted by atomic mass is 10.3. The van der Waals surface area contributed by atoms with E-state index in [2.05, 4.69) is 26.8 Å². The molecular weight excluding hydrogens is 538 g/mol. The Balaban J connectivity index is 2.17. The molecule has 0 aliphatic heterocycles. The van der Waals surface area contributed by atoms with Crippen LogP contribution in [0.2, 0.25) is 0 Å². The standard InChI is InChI=1S/C21H27F3N5O8P/c1-4-35-19(30)13-29(20(31)21(22,23)24)14-38(32,36-27-25-15-5-9-17(33-2)10-6-15)37-28-26-16-7-11-18(34-3)12-8-16/h5-12,25-28H,4,13-14H2,1-3H3. The summed E-state index contributed by atoms with van der Waals surface area (Å²) in [6.45, 7) is 0.105. The van der Waals surface area contributed by atoms with Gasteiger partial charge in [0.1, 0.15) is 24.3 Å². The van der Waals surface area contributed by atoms with Gasteiger partial charge in [-0.2, -0.15) is 22.4 Å². The third-order valence-corrected chi connectivity index (χ3v) is 5.87. The number of carbonyl (C=O) groups excluding carboxylic acids is 2. The fraction of sp³-hybridized carbons (Fsp3) is 0.333. The summed E-state index contributed by atoms with van der Waals surface area (Å²) in [5.41, 5.74) is 10.00. The highest BCUT2D eigenvalue weighted by atomic mass is 31.2. The molecule has 0 radical (unpaired) electrons. The number of nitrogens with one attached hydrogen (secondary N) is 4. The smallest absolute Gasteiger partial charge is 0.471 e. The Bertz CT molecular complexity index is 1030. The largest absolute Gasteiger partial charge is 0.497 e. The van der Waals surface area contributed by atoms with Crippen LogP contribution in [0.15, 0.2) is 48.5 Å². The second-order valence-corrected chi connectivity index (χ2v) is 9.02. The molecule has 38 heavy (non-hydrogen) atoms. The van der Waals surface area contributed by atoms with Crippen molar-refractivity contribution in [3.63, 3.8) is 0 Å². The van der Waals surface area contributed by atoms with E-state index in [-0.39, 0.29) is 11.5 Å². The Hall–Kier alpha value is -3.56. The fourth-order valence-electron chi connectivity index (χ4n) is 2.66. The van der Waals surface area contributed by atoms with Gasteiger partial charge in [0.15, 0.2) is 0 Å². The Morgan fingerprint density at radius 1 is 0.868 bits per heavy atom. The number of hydrazine groups is 2. The van der Waals surface area contributed by atoms with E-state index in [1.165, 1.54) is 21.1 Å². The molecule has 0 unspecified atom stereocenters. The van der Waals surface area contributed by atoms with Crippen LogP contribution >= 0.6 is 7.60 Å². The Morgan fingerprint density at radius 3 is 1.68 bits per heavy atom. The average Bonchev–Trinajstić information content (AvgIpc) is 2.88. The zero-order chi connectivity index (χ0) is 28.2. The summed E-state index contributed by atoms with van der Waals surface area (Å²) in [5.74, 6) is -2.53. The van der Waals surface area contributed by atoms with Crippen molar-refractivity contribution < 1.29 is 50.8 Å². The SMILES string of the molecule is CCOC(=O)CN(CP(=O)(ONNc1ccc(OC)cc1)ONNc1ccc(OC)cc1)C(=O)C(F)(F)F. The predicted molar refractivity (Wildman–Crippen MR) is 129 cm³/mol. The highest BCUT2D eigenvalue weighted by Gasteiger charge is 2.46. The van der Waals surface area contributed by atoms with Crippen molar-refractivity contribution >= 4 is 30.8 Å². The first-order chi connectivity index (χ1) is 18.0. The van der Waals surface area contributed by atoms with Gasteiger partial charge in [-0.05, 0) is 55.5 Å². The monoisotopic (exact) mass is 565 g/mol. The number of ether oxygens (including phenoxy) is 3. The molecule has 2 rings (SSSR count). The van der Waals surface area contributed by atoms with Crippen molar-refractivity contribution in [2.75, 3.05) is 44.5 Å². The van der Waals surface area contributed by atoms with Crippen molar-refractivity contribution in [3.8, 4) is 11.5 Å². The molecule has 0 bridgehead atoms. The highest BCUT2D eigenvalue weighted by molar-refractivity contribution is 7.53. The van der Waals surface area contributed by atoms with E-state index >= 15 is 0 Å². The van der Waals surface area contributed by atoms with Crippen LogP contribution in [0.1, 0.15) is 6.92 Å². The van der Waals surface area contributed by atoms with Crippen LogP contribution in [-0.4, -0.2) is 56.6 Å². The first-order valence-corrected chi connectivity index (χ1v) is 12.5. The number of rotatable bonds is 15. The minimum absolute atomic E-state index is 0.0527. The second-order valence-electron chi connectivity index (χ2n) is 7.15. The molecule has 0 aliphatic carbocycles. The van der Waals surface area contributed by atoms with E-state index < -0.39 is 38.5 Å². The van der Waals surface area contributed by atoms with Gasteiger partial charge in [0, 0.05) is 0 Å². The van der Waals surface area contributed by atoms with Gasteiger partial charge < -0.3 is 19.1 Å². The number of benzene rings is 2. The Labute approximate surface area is 215 Å². The van der Waals surface area contributed by atoms with Crippen molar-refractivity contribution in [3.05, 3.63) is 48.5 Å². The molecule has 0 fully saturated rings. The summed E-state index contributed by atoms with van der Waals surface area (Å²) in [6, 6.07) is 12.5. The summed E-state index contributed by atoms with van der Waals surface area (Å²) in [5, 5.41) is 0. The van der Waals surface area contributed by atoms with E-state index in [1.807, 2.05) is 0 Å². The van der Waals surface area contributed by atoms with Gasteiger partial charge in [0.25, 0.3) is 0 Å². The van der Waals surface area contributed by atoms with E-state index in [0.717, 1.165) is 0 Å². The van der Waals surface area contributed by atoms with Crippen LogP contribution in [-0.2, 0) is 28.1 Å². The normalized spacial score (nSPS) is 11.4. The topological polar surface area (TPSA) is 149 Å². The van der Waals surface area contributed by atoms with Crippen LogP contribution in [0.3, 0.4) is 0 Å². The van der Waals surface area contributed by atoms with Crippen molar-refractivity contribution in [1.29, 1.82) is 0 Å². The minimum atomic E-state index is -5.39. The summed E-state index contributed by atoms with van der Waals surface area (Å²) in [6.07, 6.45) is -6.68. The second kappa shape index (κ2) is 14.4. The maximum absolute atomic E-state index is 13.4. The molecule has 4 N–H and O–H groups in total. The van der Waals surface area contributed by atoms with Crippen LogP contribution in [0.5, 0.6) is 11.5 Å². The number of methoxy groups -OCH3 is 2. The molecule has 17 heteroatoms. The van der Waals surface area contributed by atoms with Crippen molar-refractivity contribution in [1.82, 2.24) is 16.1 Å². The molecule has 0 aromatic heterocycles. The zero-order valence-corrected chi connectivity index (χ0v) is 21.4. The lowest BCUT2D eigenvalue weighted by Gasteiger charge is -2.27. The number of alkyl halides is 3. The van der Waals surface area contributed by atoms with Gasteiger partial charge in [-0.1, -0.05) is 0 Å². The molecular formula is C21H27F3N5O8P. The Morgan fingerprint density at radius 2 is 1.32 bits per heavy atom. The summed E-state index contributed by atoms with van der Waals surface area (Å²) >= 11 is 0. The van der Waals surface area contributed by atoms with Crippen molar-refractivity contribution in [2.24, 2.45) is 0 Å². The van der Waals surface area contributed by atoms with Crippen molar-refractivity contribution in [2.45, 2.75) is 13.1 Å². The first kappa shape index (κ1) is 30.7. The first-order valence-electron chi connectivity index (χ1n) is 10.8. The van der Waals surface area contributed by atoms with Crippen LogP contribution in [0.4, 0.5) is 24.5 Å². The third kappa shape index (κ3) is 10.1. The Kier molecular flexibility index (Phi) is 11.6. The van der Waals surface area contributed by atoms with Crippen LogP contribution < -0.4 is 31.5 Å². The number of nitrogens with zero attached hydrogens (tertiary/aromatic N) is 1. The number of esters is 1. The third-order valence-electron chi connectivity index (χ3n) is 4.44. The maximum Gasteiger partial charge on any atom is 0.471 e. The molecule has 210 valence electrons. The summed E-state index contributed by atoms with van der Waals surface area (Å²) in [7, 11) is -1.74. The molecule has 0 saturated heterocycles. The predicted octanol–water partition coefficient (Wildman–Crippen LogP) is 3.20. The van der Waals surface area contributed by atoms with E-state index in [0.29, 0.717) is 22.9 Å². The van der Waals surface area contributed by atoms with Gasteiger partial charge in [-0.25, -0.2) is 0 Å². The molecule has 0 aliphatic rings. The average molecular weight is 565 g/mol. The van der Waals surface area contributed by atoms with Gasteiger partial charge in [-0.3, -0.25) is 25.0 Å². The molecule has 0 spiro atoms. The van der Waals surface area contributed by atoms with Gasteiger partial charge in [0.05, 0.1) is 32.2 Å². The van der Waals surface area contributed by atoms with Crippen LogP contribution in [0, 0.1) is 0 Å². The molecule has 13 nitrogen and oxygen atoms in total. The number of halogens is 3. The summed E-state index contributed by atoms with van der Waals surface area (Å²) < 4.78 is 77.6. The highest BCUT2D eigenvalue weighted by Crippen LogP contribution is 2.47. The van der Waals surface area contributed by atoms with Crippen LogP contribution in [0.25, 0.3) is 0 Å². The number of carbonyl (C=O) groups is 2. The number of hydrogen-bond acceptors (Lipinski definition) is 12. The molecule has 0 heterocycles. The molecule has 0 atom stereocenters. The summed E-state index contributed by atoms with van der Waals surface area (Å²) in [4.78, 5) is 23.7. The number of hydrogen-bond donors (Lipinski definition) is 4. The molecule has 0 saturated carbocycles. The maximum atomic E-state index is 13.4. The van der Waals surface area contributed by atoms with Gasteiger partial charge >= 0.3 is 25.6 Å². The van der Waals surface area contributed by atoms with E-state index in [9.17, 15) is 27.3 Å². The molecule has 2 aromatic carbocycles.